The van der Waals surface area contributed by atoms with E-state index >= 15 is 0 Å². The van der Waals surface area contributed by atoms with E-state index < -0.39 is 0 Å². The maximum absolute atomic E-state index is 13.1. The summed E-state index contributed by atoms with van der Waals surface area (Å²) in [4.78, 5) is 15.2. The van der Waals surface area contributed by atoms with Crippen molar-refractivity contribution in [2.75, 3.05) is 13.1 Å². The van der Waals surface area contributed by atoms with Gasteiger partial charge in [0.1, 0.15) is 0 Å². The third-order valence-electron chi connectivity index (χ3n) is 7.37. The zero-order valence-corrected chi connectivity index (χ0v) is 16.0. The lowest BCUT2D eigenvalue weighted by atomic mass is 9.65. The molecule has 142 valence electrons. The number of fused-ring (bicyclic) bond motifs is 2. The van der Waals surface area contributed by atoms with Crippen LogP contribution in [0.4, 0.5) is 0 Å². The van der Waals surface area contributed by atoms with Crippen molar-refractivity contribution >= 4 is 5.91 Å². The Bertz CT molecular complexity index is 579. The van der Waals surface area contributed by atoms with Crippen molar-refractivity contribution in [1.82, 2.24) is 4.90 Å². The minimum Gasteiger partial charge on any atom is -0.342 e. The first kappa shape index (κ1) is 18.0. The summed E-state index contributed by atoms with van der Waals surface area (Å²) >= 11 is 0. The lowest BCUT2D eigenvalue weighted by Crippen LogP contribution is -2.50. The lowest BCUT2D eigenvalue weighted by Gasteiger charge is -2.45. The Morgan fingerprint density at radius 2 is 1.65 bits per heavy atom. The first-order valence-electron chi connectivity index (χ1n) is 10.8. The van der Waals surface area contributed by atoms with Crippen LogP contribution in [0.3, 0.4) is 0 Å². The van der Waals surface area contributed by atoms with Crippen molar-refractivity contribution < 1.29 is 4.79 Å². The summed E-state index contributed by atoms with van der Waals surface area (Å²) in [7, 11) is 0. The Hall–Kier alpha value is -1.35. The molecule has 0 aromatic heterocycles. The highest BCUT2D eigenvalue weighted by molar-refractivity contribution is 5.79. The highest BCUT2D eigenvalue weighted by Crippen LogP contribution is 2.42. The number of nitrogens with two attached hydrogens (primary N) is 1. The maximum Gasteiger partial charge on any atom is 0.225 e. The fraction of sp³-hybridized carbons (Fsp3) is 0.696. The van der Waals surface area contributed by atoms with Crippen LogP contribution in [-0.2, 0) is 11.2 Å². The molecule has 2 aliphatic carbocycles. The summed E-state index contributed by atoms with van der Waals surface area (Å²) in [5.74, 6) is 2.67. The normalized spacial score (nSPS) is 32.4. The van der Waals surface area contributed by atoms with Gasteiger partial charge in [-0.3, -0.25) is 4.79 Å². The predicted octanol–water partition coefficient (Wildman–Crippen LogP) is 4.01. The van der Waals surface area contributed by atoms with Crippen molar-refractivity contribution in [1.29, 1.82) is 0 Å². The second-order valence-electron chi connectivity index (χ2n) is 8.99. The smallest absolute Gasteiger partial charge is 0.225 e. The van der Waals surface area contributed by atoms with Gasteiger partial charge < -0.3 is 10.6 Å². The third-order valence-corrected chi connectivity index (χ3v) is 7.37. The summed E-state index contributed by atoms with van der Waals surface area (Å²) < 4.78 is 0. The minimum absolute atomic E-state index is 0.256. The molecule has 1 amide bonds. The van der Waals surface area contributed by atoms with Crippen LogP contribution in [0, 0.1) is 23.7 Å². The van der Waals surface area contributed by atoms with Gasteiger partial charge in [-0.25, -0.2) is 0 Å². The molecule has 3 aliphatic rings. The Morgan fingerprint density at radius 1 is 1.00 bits per heavy atom. The van der Waals surface area contributed by atoms with Crippen LogP contribution in [0.2, 0.25) is 0 Å². The maximum atomic E-state index is 13.1. The number of likely N-dealkylation sites (tertiary alicyclic amines) is 1. The number of benzene rings is 1. The molecular weight excluding hydrogens is 320 g/mol. The molecule has 3 nitrogen and oxygen atoms in total. The number of rotatable bonds is 4. The van der Waals surface area contributed by atoms with E-state index in [1.54, 1.807) is 0 Å². The number of aryl methyl sites for hydroxylation is 1. The summed E-state index contributed by atoms with van der Waals surface area (Å²) in [6.07, 6.45) is 10.7. The molecular formula is C23H34N2O. The topological polar surface area (TPSA) is 46.3 Å². The Balaban J connectivity index is 1.25. The van der Waals surface area contributed by atoms with E-state index in [2.05, 4.69) is 35.2 Å². The van der Waals surface area contributed by atoms with Gasteiger partial charge in [0.2, 0.25) is 5.91 Å². The fourth-order valence-corrected chi connectivity index (χ4v) is 5.71. The van der Waals surface area contributed by atoms with Gasteiger partial charge in [0, 0.05) is 25.0 Å². The first-order valence-corrected chi connectivity index (χ1v) is 10.8. The van der Waals surface area contributed by atoms with Gasteiger partial charge >= 0.3 is 0 Å². The van der Waals surface area contributed by atoms with Crippen molar-refractivity contribution in [2.45, 2.75) is 63.8 Å². The molecule has 1 heterocycles. The number of hydrogen-bond acceptors (Lipinski definition) is 2. The van der Waals surface area contributed by atoms with Gasteiger partial charge in [0.15, 0.2) is 0 Å². The molecule has 1 aliphatic heterocycles. The van der Waals surface area contributed by atoms with Crippen LogP contribution in [0.5, 0.6) is 0 Å². The molecule has 2 unspecified atom stereocenters. The molecule has 1 aromatic rings. The van der Waals surface area contributed by atoms with Gasteiger partial charge in [0.05, 0.1) is 0 Å². The summed E-state index contributed by atoms with van der Waals surface area (Å²) in [5, 5.41) is 0. The van der Waals surface area contributed by atoms with Crippen LogP contribution in [0.25, 0.3) is 0 Å². The van der Waals surface area contributed by atoms with E-state index in [1.807, 2.05) is 0 Å². The molecule has 2 N–H and O–H groups in total. The number of hydrogen-bond donors (Lipinski definition) is 1. The van der Waals surface area contributed by atoms with Gasteiger partial charge in [-0.1, -0.05) is 36.8 Å². The van der Waals surface area contributed by atoms with E-state index in [9.17, 15) is 4.79 Å². The highest BCUT2D eigenvalue weighted by Gasteiger charge is 2.41. The van der Waals surface area contributed by atoms with Gasteiger partial charge in [-0.05, 0) is 74.7 Å². The highest BCUT2D eigenvalue weighted by atomic mass is 16.2. The van der Waals surface area contributed by atoms with Crippen LogP contribution in [0.15, 0.2) is 30.3 Å². The molecule has 0 radical (unpaired) electrons. The lowest BCUT2D eigenvalue weighted by molar-refractivity contribution is -0.140. The molecule has 1 aromatic carbocycles. The number of nitrogens with zero attached hydrogens (tertiary/aromatic N) is 1. The van der Waals surface area contributed by atoms with Crippen LogP contribution in [0.1, 0.15) is 56.9 Å². The summed E-state index contributed by atoms with van der Waals surface area (Å²) in [6.45, 7) is 1.94. The second kappa shape index (κ2) is 8.12. The quantitative estimate of drug-likeness (QED) is 0.888. The van der Waals surface area contributed by atoms with Crippen molar-refractivity contribution in [3.05, 3.63) is 35.9 Å². The minimum atomic E-state index is 0.256. The first-order chi connectivity index (χ1) is 12.7. The SMILES string of the molecule is NC1C2CCCC1CC(C(=O)N1CCC(CCc3ccccc3)CC1)C2. The molecule has 26 heavy (non-hydrogen) atoms. The Labute approximate surface area is 158 Å². The van der Waals surface area contributed by atoms with Crippen LogP contribution in [-0.4, -0.2) is 29.9 Å². The largest absolute Gasteiger partial charge is 0.342 e. The summed E-state index contributed by atoms with van der Waals surface area (Å²) in [5.41, 5.74) is 7.84. The number of carbonyl (C=O) groups excluding carboxylic acids is 1. The average Bonchev–Trinajstić information content (AvgIpc) is 2.67. The zero-order chi connectivity index (χ0) is 17.9. The summed E-state index contributed by atoms with van der Waals surface area (Å²) in [6, 6.07) is 11.1. The molecule has 3 heteroatoms. The number of carbonyl (C=O) groups is 1. The number of piperidine rings is 1. The van der Waals surface area contributed by atoms with Gasteiger partial charge in [-0.2, -0.15) is 0 Å². The van der Waals surface area contributed by atoms with Crippen molar-refractivity contribution in [3.63, 3.8) is 0 Å². The van der Waals surface area contributed by atoms with Crippen molar-refractivity contribution in [2.24, 2.45) is 29.4 Å². The van der Waals surface area contributed by atoms with Gasteiger partial charge in [0.25, 0.3) is 0 Å². The number of amides is 1. The standard InChI is InChI=1S/C23H34N2O/c24-22-19-7-4-8-20(22)16-21(15-19)23(26)25-13-11-18(12-14-25)10-9-17-5-2-1-3-6-17/h1-3,5-6,18-22H,4,7-16,24H2. The third kappa shape index (κ3) is 3.98. The zero-order valence-electron chi connectivity index (χ0n) is 16.0. The fourth-order valence-electron chi connectivity index (χ4n) is 5.71. The predicted molar refractivity (Wildman–Crippen MR) is 106 cm³/mol. The van der Waals surface area contributed by atoms with E-state index in [-0.39, 0.29) is 5.92 Å². The molecule has 0 spiro atoms. The van der Waals surface area contributed by atoms with E-state index in [0.717, 1.165) is 31.8 Å². The average molecular weight is 355 g/mol. The van der Waals surface area contributed by atoms with Crippen LogP contribution < -0.4 is 5.73 Å². The Morgan fingerprint density at radius 3 is 2.31 bits per heavy atom. The Kier molecular flexibility index (Phi) is 5.63. The molecule has 3 fully saturated rings. The molecule has 2 atom stereocenters. The molecule has 2 bridgehead atoms. The monoisotopic (exact) mass is 354 g/mol. The van der Waals surface area contributed by atoms with E-state index in [4.69, 9.17) is 5.73 Å². The van der Waals surface area contributed by atoms with Crippen LogP contribution >= 0.6 is 0 Å². The molecule has 2 saturated carbocycles. The van der Waals surface area contributed by atoms with Gasteiger partial charge in [-0.15, -0.1) is 0 Å². The van der Waals surface area contributed by atoms with E-state index in [0.29, 0.717) is 23.8 Å². The molecule has 1 saturated heterocycles. The molecule has 4 rings (SSSR count). The van der Waals surface area contributed by atoms with E-state index in [1.165, 1.54) is 50.5 Å². The van der Waals surface area contributed by atoms with Crippen molar-refractivity contribution in [3.8, 4) is 0 Å². The second-order valence-corrected chi connectivity index (χ2v) is 8.99.